The Kier molecular flexibility index (Phi) is 5.88. The third-order valence-electron chi connectivity index (χ3n) is 4.21. The number of carbonyl (C=O) groups is 1. The third-order valence-corrected chi connectivity index (χ3v) is 5.61. The molecule has 0 radical (unpaired) electrons. The smallest absolute Gasteiger partial charge is 0.262 e. The van der Waals surface area contributed by atoms with Crippen LogP contribution in [0.25, 0.3) is 21.3 Å². The largest absolute Gasteiger partial charge is 0.370 e. The Morgan fingerprint density at radius 3 is 2.69 bits per heavy atom. The average Bonchev–Trinajstić information content (AvgIpc) is 3.02. The Morgan fingerprint density at radius 1 is 1.31 bits per heavy atom. The van der Waals surface area contributed by atoms with Crippen molar-refractivity contribution in [2.24, 2.45) is 5.73 Å². The van der Waals surface area contributed by atoms with Crippen LogP contribution in [0.3, 0.4) is 0 Å². The Bertz CT molecular complexity index is 992. The highest BCUT2D eigenvalue weighted by atomic mass is 79.9. The summed E-state index contributed by atoms with van der Waals surface area (Å²) in [6, 6.07) is 7.90. The molecule has 0 aliphatic rings. The number of hydrogen-bond donors (Lipinski definition) is 1. The van der Waals surface area contributed by atoms with E-state index in [2.05, 4.69) is 22.9 Å². The second kappa shape index (κ2) is 8.14. The van der Waals surface area contributed by atoms with Crippen molar-refractivity contribution in [2.45, 2.75) is 39.2 Å². The molecule has 0 aliphatic heterocycles. The van der Waals surface area contributed by atoms with Gasteiger partial charge in [-0.15, -0.1) is 11.3 Å². The standard InChI is InChI=1S/C19H20BrN3O2S/c1-2-4-16-22-18-17(19(25)23(16)10-3-5-15(21)24)14(11-26-18)12-6-8-13(20)9-7-12/h6-9,11H,2-5,10H2,1H3,(H2,21,24). The molecule has 136 valence electrons. The molecule has 0 atom stereocenters. The van der Waals surface area contributed by atoms with Crippen LogP contribution in [0.15, 0.2) is 38.9 Å². The Balaban J connectivity index is 2.11. The van der Waals surface area contributed by atoms with Crippen molar-refractivity contribution in [2.75, 3.05) is 0 Å². The zero-order valence-corrected chi connectivity index (χ0v) is 16.9. The summed E-state index contributed by atoms with van der Waals surface area (Å²) in [5, 5.41) is 2.64. The molecule has 2 aromatic heterocycles. The van der Waals surface area contributed by atoms with Crippen LogP contribution < -0.4 is 11.3 Å². The molecule has 1 aromatic carbocycles. The van der Waals surface area contributed by atoms with Crippen LogP contribution in [0.2, 0.25) is 0 Å². The number of aromatic nitrogens is 2. The summed E-state index contributed by atoms with van der Waals surface area (Å²) in [6.45, 7) is 2.52. The van der Waals surface area contributed by atoms with E-state index < -0.39 is 0 Å². The van der Waals surface area contributed by atoms with Crippen molar-refractivity contribution in [3.05, 3.63) is 50.3 Å². The van der Waals surface area contributed by atoms with Gasteiger partial charge in [0.25, 0.3) is 5.56 Å². The van der Waals surface area contributed by atoms with E-state index in [1.165, 1.54) is 11.3 Å². The number of thiophene rings is 1. The van der Waals surface area contributed by atoms with Crippen molar-refractivity contribution in [1.82, 2.24) is 9.55 Å². The summed E-state index contributed by atoms with van der Waals surface area (Å²) >= 11 is 4.93. The Hall–Kier alpha value is -1.99. The van der Waals surface area contributed by atoms with Gasteiger partial charge in [0.05, 0.1) is 5.39 Å². The van der Waals surface area contributed by atoms with Crippen molar-refractivity contribution < 1.29 is 4.79 Å². The summed E-state index contributed by atoms with van der Waals surface area (Å²) in [5.74, 6) is 0.425. The van der Waals surface area contributed by atoms with Gasteiger partial charge in [0, 0.05) is 34.8 Å². The number of fused-ring (bicyclic) bond motifs is 1. The van der Waals surface area contributed by atoms with E-state index in [0.29, 0.717) is 18.4 Å². The molecule has 0 unspecified atom stereocenters. The minimum absolute atomic E-state index is 0.0397. The highest BCUT2D eigenvalue weighted by Gasteiger charge is 2.16. The number of amides is 1. The van der Waals surface area contributed by atoms with Gasteiger partial charge in [-0.1, -0.05) is 35.0 Å². The number of hydrogen-bond acceptors (Lipinski definition) is 4. The summed E-state index contributed by atoms with van der Waals surface area (Å²) in [6.07, 6.45) is 2.43. The molecule has 7 heteroatoms. The molecular formula is C19H20BrN3O2S. The van der Waals surface area contributed by atoms with Crippen LogP contribution in [0.5, 0.6) is 0 Å². The van der Waals surface area contributed by atoms with Gasteiger partial charge in [-0.25, -0.2) is 4.98 Å². The molecule has 2 N–H and O–H groups in total. The summed E-state index contributed by atoms with van der Waals surface area (Å²) < 4.78 is 2.71. The number of halogens is 1. The molecule has 0 saturated heterocycles. The van der Waals surface area contributed by atoms with Crippen LogP contribution in [-0.4, -0.2) is 15.5 Å². The first-order valence-corrected chi connectivity index (χ1v) is 10.2. The molecule has 0 spiro atoms. The number of aryl methyl sites for hydroxylation is 1. The van der Waals surface area contributed by atoms with Crippen LogP contribution >= 0.6 is 27.3 Å². The Labute approximate surface area is 164 Å². The van der Waals surface area contributed by atoms with Crippen molar-refractivity contribution in [1.29, 1.82) is 0 Å². The van der Waals surface area contributed by atoms with Gasteiger partial charge in [-0.05, 0) is 30.5 Å². The van der Waals surface area contributed by atoms with E-state index in [1.54, 1.807) is 4.57 Å². The minimum atomic E-state index is -0.352. The highest BCUT2D eigenvalue weighted by molar-refractivity contribution is 9.10. The molecule has 0 aliphatic carbocycles. The predicted molar refractivity (Wildman–Crippen MR) is 109 cm³/mol. The van der Waals surface area contributed by atoms with E-state index in [-0.39, 0.29) is 17.9 Å². The lowest BCUT2D eigenvalue weighted by atomic mass is 10.1. The zero-order chi connectivity index (χ0) is 18.7. The van der Waals surface area contributed by atoms with Gasteiger partial charge < -0.3 is 5.73 Å². The number of primary amides is 1. The molecule has 3 rings (SSSR count). The van der Waals surface area contributed by atoms with Crippen LogP contribution in [0.4, 0.5) is 0 Å². The van der Waals surface area contributed by atoms with Gasteiger partial charge in [0.2, 0.25) is 5.91 Å². The molecule has 0 fully saturated rings. The maximum atomic E-state index is 13.2. The fraction of sp³-hybridized carbons (Fsp3) is 0.316. The predicted octanol–water partition coefficient (Wildman–Crippen LogP) is 4.11. The SMILES string of the molecule is CCCc1nc2scc(-c3ccc(Br)cc3)c2c(=O)n1CCCC(N)=O. The monoisotopic (exact) mass is 433 g/mol. The molecule has 5 nitrogen and oxygen atoms in total. The van der Waals surface area contributed by atoms with Crippen LogP contribution in [0.1, 0.15) is 32.0 Å². The normalized spacial score (nSPS) is 11.2. The quantitative estimate of drug-likeness (QED) is 0.608. The maximum Gasteiger partial charge on any atom is 0.262 e. The van der Waals surface area contributed by atoms with E-state index >= 15 is 0 Å². The molecule has 1 amide bonds. The highest BCUT2D eigenvalue weighted by Crippen LogP contribution is 2.31. The molecule has 26 heavy (non-hydrogen) atoms. The molecule has 0 bridgehead atoms. The maximum absolute atomic E-state index is 13.2. The topological polar surface area (TPSA) is 78.0 Å². The number of benzene rings is 1. The number of rotatable bonds is 7. The lowest BCUT2D eigenvalue weighted by Crippen LogP contribution is -2.26. The molecular weight excluding hydrogens is 414 g/mol. The fourth-order valence-corrected chi connectivity index (χ4v) is 4.19. The van der Waals surface area contributed by atoms with E-state index in [9.17, 15) is 9.59 Å². The first-order valence-electron chi connectivity index (χ1n) is 8.56. The van der Waals surface area contributed by atoms with Gasteiger partial charge in [0.1, 0.15) is 10.7 Å². The van der Waals surface area contributed by atoms with Crippen LogP contribution in [0, 0.1) is 0 Å². The van der Waals surface area contributed by atoms with Crippen molar-refractivity contribution in [3.63, 3.8) is 0 Å². The number of nitrogens with two attached hydrogens (primary N) is 1. The lowest BCUT2D eigenvalue weighted by molar-refractivity contribution is -0.118. The lowest BCUT2D eigenvalue weighted by Gasteiger charge is -2.12. The molecule has 3 aromatic rings. The number of nitrogens with zero attached hydrogens (tertiary/aromatic N) is 2. The fourth-order valence-electron chi connectivity index (χ4n) is 2.96. The molecule has 2 heterocycles. The first-order chi connectivity index (χ1) is 12.5. The van der Waals surface area contributed by atoms with Gasteiger partial charge >= 0.3 is 0 Å². The van der Waals surface area contributed by atoms with E-state index in [4.69, 9.17) is 10.7 Å². The van der Waals surface area contributed by atoms with Crippen LogP contribution in [-0.2, 0) is 17.8 Å². The zero-order valence-electron chi connectivity index (χ0n) is 14.5. The van der Waals surface area contributed by atoms with Gasteiger partial charge in [-0.3, -0.25) is 14.2 Å². The average molecular weight is 434 g/mol. The van der Waals surface area contributed by atoms with Gasteiger partial charge in [-0.2, -0.15) is 0 Å². The summed E-state index contributed by atoms with van der Waals surface area (Å²) in [5.41, 5.74) is 7.09. The van der Waals surface area contributed by atoms with Gasteiger partial charge in [0.15, 0.2) is 0 Å². The van der Waals surface area contributed by atoms with Crippen molar-refractivity contribution in [3.8, 4) is 11.1 Å². The summed E-state index contributed by atoms with van der Waals surface area (Å²) in [4.78, 5) is 29.8. The second-order valence-corrected chi connectivity index (χ2v) is 7.91. The molecule has 0 saturated carbocycles. The third kappa shape index (κ3) is 3.88. The number of carbonyl (C=O) groups excluding carboxylic acids is 1. The van der Waals surface area contributed by atoms with E-state index in [0.717, 1.165) is 39.1 Å². The first kappa shape index (κ1) is 18.8. The minimum Gasteiger partial charge on any atom is -0.370 e. The second-order valence-electron chi connectivity index (χ2n) is 6.14. The Morgan fingerprint density at radius 2 is 2.04 bits per heavy atom. The van der Waals surface area contributed by atoms with E-state index in [1.807, 2.05) is 29.6 Å². The summed E-state index contributed by atoms with van der Waals surface area (Å²) in [7, 11) is 0. The van der Waals surface area contributed by atoms with Crippen molar-refractivity contribution >= 4 is 43.4 Å².